The molecule has 3 heterocycles. The van der Waals surface area contributed by atoms with E-state index < -0.39 is 16.2 Å². The van der Waals surface area contributed by atoms with E-state index in [4.69, 9.17) is 0 Å². The van der Waals surface area contributed by atoms with Gasteiger partial charge in [-0.05, 0) is 55.3 Å². The molecule has 1 fully saturated rings. The quantitative estimate of drug-likeness (QED) is 0.607. The summed E-state index contributed by atoms with van der Waals surface area (Å²) < 4.78 is 27.8. The largest absolute Gasteiger partial charge is 0.361 e. The number of sulfonamides is 1. The molecule has 2 aliphatic heterocycles. The maximum absolute atomic E-state index is 13.2. The van der Waals surface area contributed by atoms with Crippen LogP contribution in [0.15, 0.2) is 78.0 Å². The lowest BCUT2D eigenvalue weighted by molar-refractivity contribution is 0.0993. The van der Waals surface area contributed by atoms with Crippen LogP contribution in [-0.4, -0.2) is 36.7 Å². The number of rotatable bonds is 5. The first kappa shape index (κ1) is 21.6. The van der Waals surface area contributed by atoms with E-state index >= 15 is 0 Å². The molecule has 33 heavy (non-hydrogen) atoms. The molecule has 2 aliphatic rings. The van der Waals surface area contributed by atoms with E-state index in [1.54, 1.807) is 51.9 Å². The van der Waals surface area contributed by atoms with E-state index in [1.807, 2.05) is 30.3 Å². The summed E-state index contributed by atoms with van der Waals surface area (Å²) >= 11 is 0. The van der Waals surface area contributed by atoms with Crippen LogP contribution in [0, 0.1) is 0 Å². The zero-order valence-corrected chi connectivity index (χ0v) is 19.0. The summed E-state index contributed by atoms with van der Waals surface area (Å²) in [5.41, 5.74) is 2.93. The molecule has 8 heteroatoms. The predicted molar refractivity (Wildman–Crippen MR) is 128 cm³/mol. The number of benzene rings is 2. The van der Waals surface area contributed by atoms with Crippen LogP contribution >= 0.6 is 0 Å². The van der Waals surface area contributed by atoms with Crippen LogP contribution in [0.4, 0.5) is 11.4 Å². The highest BCUT2D eigenvalue weighted by Crippen LogP contribution is 2.37. The third-order valence-electron chi connectivity index (χ3n) is 6.25. The van der Waals surface area contributed by atoms with Gasteiger partial charge in [-0.15, -0.1) is 0 Å². The first-order valence-corrected chi connectivity index (χ1v) is 12.7. The number of amides is 1. The standard InChI is InChI=1S/C25H26N4O3S/c30-25-23-10-4-3-9-22(23)24(29(25)20-8-7-15-26-18-20)27-19-11-13-21(14-12-19)33(31,32)28-16-5-1-2-6-17-28/h3-4,7-15,18,24,27H,1-2,5-6,16-17H2/t24-/m1/s1. The van der Waals surface area contributed by atoms with Crippen LogP contribution < -0.4 is 10.2 Å². The second-order valence-corrected chi connectivity index (χ2v) is 10.3. The van der Waals surface area contributed by atoms with Gasteiger partial charge in [0.2, 0.25) is 10.0 Å². The minimum absolute atomic E-state index is 0.100. The van der Waals surface area contributed by atoms with E-state index in [0.717, 1.165) is 36.9 Å². The lowest BCUT2D eigenvalue weighted by Crippen LogP contribution is -2.32. The van der Waals surface area contributed by atoms with Gasteiger partial charge in [-0.3, -0.25) is 14.7 Å². The van der Waals surface area contributed by atoms with Crippen molar-refractivity contribution in [1.82, 2.24) is 9.29 Å². The second kappa shape index (κ2) is 8.96. The first-order valence-electron chi connectivity index (χ1n) is 11.2. The Morgan fingerprint density at radius 2 is 1.61 bits per heavy atom. The molecule has 170 valence electrons. The molecule has 1 atom stereocenters. The smallest absolute Gasteiger partial charge is 0.260 e. The van der Waals surface area contributed by atoms with Crippen molar-refractivity contribution in [2.75, 3.05) is 23.3 Å². The van der Waals surface area contributed by atoms with Gasteiger partial charge in [0.15, 0.2) is 0 Å². The van der Waals surface area contributed by atoms with Gasteiger partial charge in [0.1, 0.15) is 6.17 Å². The van der Waals surface area contributed by atoms with Gasteiger partial charge in [0.25, 0.3) is 5.91 Å². The summed E-state index contributed by atoms with van der Waals surface area (Å²) in [5.74, 6) is -0.100. The Morgan fingerprint density at radius 3 is 2.30 bits per heavy atom. The monoisotopic (exact) mass is 462 g/mol. The Morgan fingerprint density at radius 1 is 0.879 bits per heavy atom. The first-order chi connectivity index (χ1) is 16.1. The molecule has 0 radical (unpaired) electrons. The maximum atomic E-state index is 13.2. The van der Waals surface area contributed by atoms with Gasteiger partial charge in [0.05, 0.1) is 16.8 Å². The molecule has 1 saturated heterocycles. The van der Waals surface area contributed by atoms with Gasteiger partial charge in [-0.1, -0.05) is 31.0 Å². The van der Waals surface area contributed by atoms with Gasteiger partial charge in [-0.2, -0.15) is 4.31 Å². The number of carbonyl (C=O) groups excluding carboxylic acids is 1. The summed E-state index contributed by atoms with van der Waals surface area (Å²) in [6.45, 7) is 1.15. The van der Waals surface area contributed by atoms with E-state index in [0.29, 0.717) is 29.2 Å². The minimum atomic E-state index is -3.51. The third kappa shape index (κ3) is 4.12. The van der Waals surface area contributed by atoms with E-state index in [1.165, 1.54) is 0 Å². The topological polar surface area (TPSA) is 82.6 Å². The zero-order valence-electron chi connectivity index (χ0n) is 18.2. The molecule has 3 aromatic rings. The van der Waals surface area contributed by atoms with Crippen molar-refractivity contribution in [2.45, 2.75) is 36.7 Å². The number of anilines is 2. The van der Waals surface area contributed by atoms with Crippen molar-refractivity contribution < 1.29 is 13.2 Å². The van der Waals surface area contributed by atoms with Crippen molar-refractivity contribution in [3.05, 3.63) is 84.2 Å². The molecule has 0 spiro atoms. The lowest BCUT2D eigenvalue weighted by atomic mass is 10.1. The normalized spacial score (nSPS) is 19.2. The molecule has 7 nitrogen and oxygen atoms in total. The number of pyridine rings is 1. The Labute approximate surface area is 194 Å². The van der Waals surface area contributed by atoms with Gasteiger partial charge < -0.3 is 5.32 Å². The highest BCUT2D eigenvalue weighted by atomic mass is 32.2. The van der Waals surface area contributed by atoms with Crippen molar-refractivity contribution in [1.29, 1.82) is 0 Å². The molecule has 0 aliphatic carbocycles. The van der Waals surface area contributed by atoms with Crippen LogP contribution in [0.1, 0.15) is 47.8 Å². The van der Waals surface area contributed by atoms with Crippen LogP contribution in [0.25, 0.3) is 0 Å². The number of fused-ring (bicyclic) bond motifs is 1. The molecule has 0 saturated carbocycles. The molecule has 0 bridgehead atoms. The average Bonchev–Trinajstić information content (AvgIpc) is 3.01. The van der Waals surface area contributed by atoms with Gasteiger partial charge in [0, 0.05) is 36.1 Å². The fourth-order valence-corrected chi connectivity index (χ4v) is 6.05. The van der Waals surface area contributed by atoms with Crippen LogP contribution in [0.2, 0.25) is 0 Å². The fraction of sp³-hybridized carbons (Fsp3) is 0.280. The Bertz CT molecular complexity index is 1240. The molecular weight excluding hydrogens is 436 g/mol. The van der Waals surface area contributed by atoms with Crippen molar-refractivity contribution in [3.8, 4) is 0 Å². The fourth-order valence-electron chi connectivity index (χ4n) is 4.53. The zero-order chi connectivity index (χ0) is 22.8. The predicted octanol–water partition coefficient (Wildman–Crippen LogP) is 4.42. The molecule has 1 amide bonds. The lowest BCUT2D eigenvalue weighted by Gasteiger charge is -2.27. The highest BCUT2D eigenvalue weighted by Gasteiger charge is 2.37. The summed E-state index contributed by atoms with van der Waals surface area (Å²) in [4.78, 5) is 19.3. The summed E-state index contributed by atoms with van der Waals surface area (Å²) in [5, 5.41) is 3.41. The molecule has 0 unspecified atom stereocenters. The molecule has 2 aromatic carbocycles. The number of hydrogen-bond donors (Lipinski definition) is 1. The van der Waals surface area contributed by atoms with Crippen molar-refractivity contribution in [3.63, 3.8) is 0 Å². The van der Waals surface area contributed by atoms with Gasteiger partial charge in [-0.25, -0.2) is 8.42 Å². The Kier molecular flexibility index (Phi) is 5.86. The van der Waals surface area contributed by atoms with Crippen LogP contribution in [0.3, 0.4) is 0 Å². The molecule has 1 N–H and O–H groups in total. The van der Waals surface area contributed by atoms with E-state index in [2.05, 4.69) is 10.3 Å². The third-order valence-corrected chi connectivity index (χ3v) is 8.16. The number of carbonyl (C=O) groups is 1. The summed E-state index contributed by atoms with van der Waals surface area (Å²) in [7, 11) is -3.51. The maximum Gasteiger partial charge on any atom is 0.260 e. The molecular formula is C25H26N4O3S. The number of aromatic nitrogens is 1. The number of nitrogens with one attached hydrogen (secondary N) is 1. The SMILES string of the molecule is O=C1c2ccccc2[C@H](Nc2ccc(S(=O)(=O)N3CCCCCC3)cc2)N1c1cccnc1. The summed E-state index contributed by atoms with van der Waals surface area (Å²) in [6, 6.07) is 18.0. The molecule has 1 aromatic heterocycles. The van der Waals surface area contributed by atoms with Crippen LogP contribution in [0.5, 0.6) is 0 Å². The average molecular weight is 463 g/mol. The van der Waals surface area contributed by atoms with E-state index in [9.17, 15) is 13.2 Å². The molecule has 5 rings (SSSR count). The number of nitrogens with zero attached hydrogens (tertiary/aromatic N) is 3. The van der Waals surface area contributed by atoms with Crippen molar-refractivity contribution >= 4 is 27.3 Å². The minimum Gasteiger partial charge on any atom is -0.361 e. The number of hydrogen-bond acceptors (Lipinski definition) is 5. The van der Waals surface area contributed by atoms with E-state index in [-0.39, 0.29) is 5.91 Å². The summed E-state index contributed by atoms with van der Waals surface area (Å²) in [6.07, 6.45) is 6.86. The Balaban J connectivity index is 1.42. The van der Waals surface area contributed by atoms with Crippen molar-refractivity contribution in [2.24, 2.45) is 0 Å². The second-order valence-electron chi connectivity index (χ2n) is 8.36. The van der Waals surface area contributed by atoms with Gasteiger partial charge >= 0.3 is 0 Å². The van der Waals surface area contributed by atoms with Crippen LogP contribution in [-0.2, 0) is 10.0 Å². The highest BCUT2D eigenvalue weighted by molar-refractivity contribution is 7.89. The Hall–Kier alpha value is -3.23.